The van der Waals surface area contributed by atoms with Gasteiger partial charge in [0.2, 0.25) is 0 Å². The molecule has 0 amide bonds. The van der Waals surface area contributed by atoms with Crippen molar-refractivity contribution in [3.8, 4) is 44.5 Å². The fourth-order valence-electron chi connectivity index (χ4n) is 5.72. The minimum atomic E-state index is 0. The molecule has 184 valence electrons. The maximum atomic E-state index is 2.27. The van der Waals surface area contributed by atoms with Crippen molar-refractivity contribution in [2.24, 2.45) is 0 Å². The number of hydrogen-bond acceptors (Lipinski definition) is 2. The zero-order valence-corrected chi connectivity index (χ0v) is 21.3. The minimum absolute atomic E-state index is 0. The van der Waals surface area contributed by atoms with Crippen LogP contribution < -0.4 is 12.3 Å². The lowest BCUT2D eigenvalue weighted by molar-refractivity contribution is 1.29. The Morgan fingerprint density at radius 3 is 0.763 bits per heavy atom. The molecule has 0 aromatic heterocycles. The van der Waals surface area contributed by atoms with Crippen LogP contribution in [-0.2, 0) is 0 Å². The van der Waals surface area contributed by atoms with Crippen LogP contribution in [0.2, 0.25) is 0 Å². The highest BCUT2D eigenvalue weighted by atomic mass is 14.3. The van der Waals surface area contributed by atoms with Crippen molar-refractivity contribution < 1.29 is 0 Å². The maximum Gasteiger partial charge on any atom is -0.000741 e. The lowest BCUT2D eigenvalue weighted by Gasteiger charge is -2.25. The third-order valence-electron chi connectivity index (χ3n) is 7.22. The van der Waals surface area contributed by atoms with E-state index in [9.17, 15) is 0 Å². The molecule has 0 aliphatic heterocycles. The van der Waals surface area contributed by atoms with Gasteiger partial charge in [0, 0.05) is 0 Å². The SMILES string of the molecule is N.N.c1ccc(-c2c(-c3ccccc3)c(-c3ccccc3)c3c(c2-c2ccccc2)=c2ccccc2=3)cc1. The van der Waals surface area contributed by atoms with Crippen LogP contribution in [-0.4, -0.2) is 0 Å². The standard InChI is InChI=1S/C36H24.2H3N/c1-5-15-25(16-6-1)31-32(26-17-7-2-8-18-26)34(28-21-11-4-12-22-28)36-30-24-14-13-23-29(30)35(36)33(31)27-19-9-3-10-20-27;;/h1-24H;2*1H3. The molecule has 2 nitrogen and oxygen atoms in total. The number of fused-ring (bicyclic) bond motifs is 2. The van der Waals surface area contributed by atoms with Crippen LogP contribution in [0, 0.1) is 20.9 Å². The highest BCUT2D eigenvalue weighted by Crippen LogP contribution is 2.48. The Balaban J connectivity index is 0.00000147. The van der Waals surface area contributed by atoms with Gasteiger partial charge < -0.3 is 12.3 Å². The third-order valence-corrected chi connectivity index (χ3v) is 7.22. The first-order chi connectivity index (χ1) is 17.9. The zero-order chi connectivity index (χ0) is 23.9. The van der Waals surface area contributed by atoms with E-state index >= 15 is 0 Å². The van der Waals surface area contributed by atoms with Gasteiger partial charge in [0.1, 0.15) is 0 Å². The van der Waals surface area contributed by atoms with E-state index in [0.29, 0.717) is 0 Å². The monoisotopic (exact) mass is 490 g/mol. The average Bonchev–Trinajstić information content (AvgIpc) is 2.96. The van der Waals surface area contributed by atoms with Crippen LogP contribution in [0.3, 0.4) is 0 Å². The van der Waals surface area contributed by atoms with Crippen molar-refractivity contribution in [3.63, 3.8) is 0 Å². The van der Waals surface area contributed by atoms with Gasteiger partial charge in [0.25, 0.3) is 0 Å². The molecule has 0 bridgehead atoms. The minimum Gasteiger partial charge on any atom is -0.344 e. The van der Waals surface area contributed by atoms with Gasteiger partial charge in [-0.15, -0.1) is 0 Å². The molecular weight excluding hydrogens is 460 g/mol. The molecule has 6 N–H and O–H groups in total. The molecule has 0 heterocycles. The van der Waals surface area contributed by atoms with Crippen LogP contribution >= 0.6 is 0 Å². The van der Waals surface area contributed by atoms with Gasteiger partial charge >= 0.3 is 0 Å². The summed E-state index contributed by atoms with van der Waals surface area (Å²) in [6, 6.07) is 52.4. The molecule has 0 fully saturated rings. The van der Waals surface area contributed by atoms with Crippen LogP contribution in [0.5, 0.6) is 0 Å². The van der Waals surface area contributed by atoms with Gasteiger partial charge in [0.05, 0.1) is 0 Å². The summed E-state index contributed by atoms with van der Waals surface area (Å²) in [5.74, 6) is 0. The van der Waals surface area contributed by atoms with Crippen molar-refractivity contribution in [3.05, 3.63) is 166 Å². The van der Waals surface area contributed by atoms with Gasteiger partial charge in [-0.1, -0.05) is 146 Å². The summed E-state index contributed by atoms with van der Waals surface area (Å²) < 4.78 is 0. The van der Waals surface area contributed by atoms with Crippen molar-refractivity contribution in [2.45, 2.75) is 0 Å². The summed E-state index contributed by atoms with van der Waals surface area (Å²) in [4.78, 5) is 0. The molecule has 38 heavy (non-hydrogen) atoms. The molecule has 1 aliphatic carbocycles. The first-order valence-corrected chi connectivity index (χ1v) is 12.5. The second-order valence-electron chi connectivity index (χ2n) is 9.26. The van der Waals surface area contributed by atoms with Crippen molar-refractivity contribution >= 4 is 0 Å². The summed E-state index contributed by atoms with van der Waals surface area (Å²) in [5, 5.41) is 5.38. The van der Waals surface area contributed by atoms with E-state index in [0.717, 1.165) is 0 Å². The second kappa shape index (κ2) is 10.3. The molecule has 2 heteroatoms. The quantitative estimate of drug-likeness (QED) is 0.258. The summed E-state index contributed by atoms with van der Waals surface area (Å²) in [6.07, 6.45) is 0. The fourth-order valence-corrected chi connectivity index (χ4v) is 5.72. The Bertz CT molecular complexity index is 1760. The maximum absolute atomic E-state index is 2.27. The van der Waals surface area contributed by atoms with E-state index in [1.54, 1.807) is 0 Å². The number of hydrogen-bond donors (Lipinski definition) is 2. The molecule has 0 unspecified atom stereocenters. The van der Waals surface area contributed by atoms with Gasteiger partial charge in [-0.25, -0.2) is 0 Å². The van der Waals surface area contributed by atoms with E-state index < -0.39 is 0 Å². The number of benzene rings is 6. The molecule has 0 saturated heterocycles. The van der Waals surface area contributed by atoms with Gasteiger partial charge in [-0.2, -0.15) is 0 Å². The summed E-state index contributed by atoms with van der Waals surface area (Å²) in [6.45, 7) is 0. The lowest BCUT2D eigenvalue weighted by atomic mass is 9.77. The fraction of sp³-hybridized carbons (Fsp3) is 0. The van der Waals surface area contributed by atoms with Crippen molar-refractivity contribution in [1.82, 2.24) is 12.3 Å². The molecule has 0 radical (unpaired) electrons. The molecule has 1 aliphatic rings. The van der Waals surface area contributed by atoms with Crippen LogP contribution in [0.1, 0.15) is 0 Å². The van der Waals surface area contributed by atoms with E-state index in [-0.39, 0.29) is 12.3 Å². The highest BCUT2D eigenvalue weighted by molar-refractivity contribution is 6.02. The van der Waals surface area contributed by atoms with Gasteiger partial charge in [-0.05, 0) is 65.4 Å². The Morgan fingerprint density at radius 2 is 0.474 bits per heavy atom. The predicted octanol–water partition coefficient (Wildman–Crippen LogP) is 9.57. The molecule has 0 atom stereocenters. The number of rotatable bonds is 4. The summed E-state index contributed by atoms with van der Waals surface area (Å²) >= 11 is 0. The molecule has 0 spiro atoms. The largest absolute Gasteiger partial charge is 0.344 e. The van der Waals surface area contributed by atoms with Crippen LogP contribution in [0.25, 0.3) is 44.5 Å². The van der Waals surface area contributed by atoms with E-state index in [2.05, 4.69) is 146 Å². The Hall–Kier alpha value is -4.76. The molecule has 6 aromatic rings. The van der Waals surface area contributed by atoms with Crippen LogP contribution in [0.4, 0.5) is 0 Å². The van der Waals surface area contributed by atoms with Crippen molar-refractivity contribution in [1.29, 1.82) is 0 Å². The Kier molecular flexibility index (Phi) is 6.76. The summed E-state index contributed by atoms with van der Waals surface area (Å²) in [7, 11) is 0. The van der Waals surface area contributed by atoms with E-state index in [1.807, 2.05) is 0 Å². The summed E-state index contributed by atoms with van der Waals surface area (Å²) in [5.41, 5.74) is 10.2. The topological polar surface area (TPSA) is 70.0 Å². The first kappa shape index (κ1) is 24.9. The highest BCUT2D eigenvalue weighted by Gasteiger charge is 2.25. The normalized spacial score (nSPS) is 10.7. The van der Waals surface area contributed by atoms with Gasteiger partial charge in [-0.3, -0.25) is 0 Å². The second-order valence-corrected chi connectivity index (χ2v) is 9.26. The predicted molar refractivity (Wildman–Crippen MR) is 160 cm³/mol. The van der Waals surface area contributed by atoms with Crippen molar-refractivity contribution in [2.75, 3.05) is 0 Å². The Labute approximate surface area is 223 Å². The molecule has 0 saturated carbocycles. The van der Waals surface area contributed by atoms with Gasteiger partial charge in [0.15, 0.2) is 0 Å². The third kappa shape index (κ3) is 3.84. The van der Waals surface area contributed by atoms with Crippen LogP contribution in [0.15, 0.2) is 146 Å². The van der Waals surface area contributed by atoms with E-state index in [4.69, 9.17) is 0 Å². The zero-order valence-electron chi connectivity index (χ0n) is 21.3. The smallest absolute Gasteiger partial charge is 0.000741 e. The van der Waals surface area contributed by atoms with E-state index in [1.165, 1.54) is 65.4 Å². The average molecular weight is 491 g/mol. The first-order valence-electron chi connectivity index (χ1n) is 12.5. The lowest BCUT2D eigenvalue weighted by Crippen LogP contribution is -2.04. The molecule has 6 aromatic carbocycles. The Morgan fingerprint density at radius 1 is 0.237 bits per heavy atom. The molecule has 7 rings (SSSR count). The molecular formula is C36H30N2.